The van der Waals surface area contributed by atoms with Gasteiger partial charge in [-0.1, -0.05) is 0 Å². The van der Waals surface area contributed by atoms with Crippen molar-refractivity contribution in [2.75, 3.05) is 18.4 Å². The number of nitro groups is 1. The molecule has 9 nitrogen and oxygen atoms in total. The molecule has 0 spiro atoms. The zero-order valence-corrected chi connectivity index (χ0v) is 16.6. The largest absolute Gasteiger partial charge is 0.481 e. The van der Waals surface area contributed by atoms with Gasteiger partial charge in [0.1, 0.15) is 5.75 Å². The van der Waals surface area contributed by atoms with E-state index in [-0.39, 0.29) is 10.6 Å². The van der Waals surface area contributed by atoms with Gasteiger partial charge in [0.25, 0.3) is 11.6 Å². The molecule has 1 aliphatic rings. The van der Waals surface area contributed by atoms with Gasteiger partial charge in [0, 0.05) is 30.9 Å². The number of non-ortho nitro benzene ring substituents is 1. The smallest absolute Gasteiger partial charge is 0.269 e. The zero-order chi connectivity index (χ0) is 21.0. The number of ether oxygens (including phenoxy) is 1. The highest BCUT2D eigenvalue weighted by atomic mass is 32.2. The van der Waals surface area contributed by atoms with Crippen molar-refractivity contribution >= 4 is 27.3 Å². The highest BCUT2D eigenvalue weighted by Crippen LogP contribution is 2.23. The van der Waals surface area contributed by atoms with Gasteiger partial charge in [-0.05, 0) is 56.2 Å². The Bertz CT molecular complexity index is 984. The molecule has 2 aromatic carbocycles. The van der Waals surface area contributed by atoms with E-state index in [0.29, 0.717) is 24.5 Å². The molecular weight excluding hydrogens is 398 g/mol. The fourth-order valence-corrected chi connectivity index (χ4v) is 4.45. The number of nitro benzene ring substituents is 1. The van der Waals surface area contributed by atoms with E-state index in [2.05, 4.69) is 5.32 Å². The maximum Gasteiger partial charge on any atom is 0.269 e. The summed E-state index contributed by atoms with van der Waals surface area (Å²) >= 11 is 0. The van der Waals surface area contributed by atoms with Crippen LogP contribution in [0.5, 0.6) is 5.75 Å². The Morgan fingerprint density at radius 1 is 1.10 bits per heavy atom. The molecule has 1 aliphatic heterocycles. The van der Waals surface area contributed by atoms with E-state index in [4.69, 9.17) is 4.74 Å². The quantitative estimate of drug-likeness (QED) is 0.544. The van der Waals surface area contributed by atoms with Crippen LogP contribution in [-0.4, -0.2) is 42.7 Å². The van der Waals surface area contributed by atoms with E-state index in [1.807, 2.05) is 0 Å². The minimum Gasteiger partial charge on any atom is -0.481 e. The molecule has 3 rings (SSSR count). The Balaban J connectivity index is 1.60. The normalized spacial score (nSPS) is 15.6. The van der Waals surface area contributed by atoms with Gasteiger partial charge in [-0.2, -0.15) is 4.31 Å². The number of amides is 1. The first-order valence-electron chi connectivity index (χ1n) is 9.09. The third kappa shape index (κ3) is 4.90. The second-order valence-corrected chi connectivity index (χ2v) is 8.57. The van der Waals surface area contributed by atoms with Crippen molar-refractivity contribution in [2.24, 2.45) is 0 Å². The molecule has 1 saturated heterocycles. The molecule has 29 heavy (non-hydrogen) atoms. The molecule has 0 saturated carbocycles. The average molecular weight is 419 g/mol. The van der Waals surface area contributed by atoms with Crippen LogP contribution in [-0.2, 0) is 14.8 Å². The van der Waals surface area contributed by atoms with Crippen LogP contribution in [0.4, 0.5) is 11.4 Å². The summed E-state index contributed by atoms with van der Waals surface area (Å²) in [6, 6.07) is 11.4. The van der Waals surface area contributed by atoms with Crippen molar-refractivity contribution in [3.63, 3.8) is 0 Å². The first-order valence-corrected chi connectivity index (χ1v) is 10.5. The molecule has 1 unspecified atom stereocenters. The van der Waals surface area contributed by atoms with Crippen molar-refractivity contribution in [3.05, 3.63) is 58.6 Å². The highest BCUT2D eigenvalue weighted by Gasteiger charge is 2.27. The van der Waals surface area contributed by atoms with Crippen molar-refractivity contribution in [1.29, 1.82) is 0 Å². The monoisotopic (exact) mass is 419 g/mol. The van der Waals surface area contributed by atoms with Crippen molar-refractivity contribution in [2.45, 2.75) is 30.8 Å². The topological polar surface area (TPSA) is 119 Å². The van der Waals surface area contributed by atoms with Gasteiger partial charge in [-0.25, -0.2) is 8.42 Å². The van der Waals surface area contributed by atoms with Gasteiger partial charge < -0.3 is 10.1 Å². The molecule has 1 amide bonds. The maximum absolute atomic E-state index is 12.5. The van der Waals surface area contributed by atoms with Crippen molar-refractivity contribution < 1.29 is 22.9 Å². The predicted octanol–water partition coefficient (Wildman–Crippen LogP) is 2.79. The molecule has 0 radical (unpaired) electrons. The SMILES string of the molecule is CC(Oc1ccc([N+](=O)[O-])cc1)C(=O)Nc1ccc(S(=O)(=O)N2CCCC2)cc1. The van der Waals surface area contributed by atoms with Crippen LogP contribution in [0.15, 0.2) is 53.4 Å². The highest BCUT2D eigenvalue weighted by molar-refractivity contribution is 7.89. The fourth-order valence-electron chi connectivity index (χ4n) is 2.94. The van der Waals surface area contributed by atoms with E-state index >= 15 is 0 Å². The van der Waals surface area contributed by atoms with Gasteiger partial charge in [-0.15, -0.1) is 0 Å². The molecule has 10 heteroatoms. The van der Waals surface area contributed by atoms with Gasteiger partial charge in [0.2, 0.25) is 10.0 Å². The number of hydrogen-bond acceptors (Lipinski definition) is 6. The van der Waals surface area contributed by atoms with Crippen LogP contribution >= 0.6 is 0 Å². The Hall–Kier alpha value is -2.98. The summed E-state index contributed by atoms with van der Waals surface area (Å²) in [5.74, 6) is -0.108. The lowest BCUT2D eigenvalue weighted by Gasteiger charge is -2.17. The van der Waals surface area contributed by atoms with Crippen LogP contribution in [0.3, 0.4) is 0 Å². The van der Waals surface area contributed by atoms with E-state index < -0.39 is 27.0 Å². The number of benzene rings is 2. The van der Waals surface area contributed by atoms with Gasteiger partial charge in [-0.3, -0.25) is 14.9 Å². The summed E-state index contributed by atoms with van der Waals surface area (Å²) in [4.78, 5) is 22.6. The molecule has 0 bridgehead atoms. The fraction of sp³-hybridized carbons (Fsp3) is 0.316. The number of carbonyl (C=O) groups is 1. The summed E-state index contributed by atoms with van der Waals surface area (Å²) in [6.07, 6.45) is 0.865. The van der Waals surface area contributed by atoms with Crippen LogP contribution < -0.4 is 10.1 Å². The Kier molecular flexibility index (Phi) is 6.14. The van der Waals surface area contributed by atoms with Crippen LogP contribution in [0, 0.1) is 10.1 Å². The molecule has 1 N–H and O–H groups in total. The van der Waals surface area contributed by atoms with Crippen molar-refractivity contribution in [1.82, 2.24) is 4.31 Å². The average Bonchev–Trinajstić information content (AvgIpc) is 3.24. The Morgan fingerprint density at radius 2 is 1.69 bits per heavy atom. The lowest BCUT2D eigenvalue weighted by Crippen LogP contribution is -2.30. The van der Waals surface area contributed by atoms with E-state index in [1.54, 1.807) is 6.92 Å². The summed E-state index contributed by atoms with van der Waals surface area (Å²) in [7, 11) is -3.50. The van der Waals surface area contributed by atoms with E-state index in [1.165, 1.54) is 52.8 Å². The molecule has 2 aromatic rings. The molecule has 0 aromatic heterocycles. The first-order chi connectivity index (χ1) is 13.8. The molecule has 1 atom stereocenters. The predicted molar refractivity (Wildman–Crippen MR) is 106 cm³/mol. The van der Waals surface area contributed by atoms with Gasteiger partial charge >= 0.3 is 0 Å². The minimum atomic E-state index is -3.50. The van der Waals surface area contributed by atoms with Crippen molar-refractivity contribution in [3.8, 4) is 5.75 Å². The van der Waals surface area contributed by atoms with Crippen LogP contribution in [0.25, 0.3) is 0 Å². The zero-order valence-electron chi connectivity index (χ0n) is 15.8. The Morgan fingerprint density at radius 3 is 2.24 bits per heavy atom. The number of carbonyl (C=O) groups excluding carboxylic acids is 1. The van der Waals surface area contributed by atoms with E-state index in [0.717, 1.165) is 12.8 Å². The van der Waals surface area contributed by atoms with Crippen LogP contribution in [0.1, 0.15) is 19.8 Å². The first kappa shape index (κ1) is 20.7. The third-order valence-electron chi connectivity index (χ3n) is 4.55. The molecule has 1 heterocycles. The summed E-state index contributed by atoms with van der Waals surface area (Å²) in [5, 5.41) is 13.3. The minimum absolute atomic E-state index is 0.0709. The number of hydrogen-bond donors (Lipinski definition) is 1. The molecule has 154 valence electrons. The number of sulfonamides is 1. The van der Waals surface area contributed by atoms with Gasteiger partial charge in [0.05, 0.1) is 9.82 Å². The summed E-state index contributed by atoms with van der Waals surface area (Å²) in [5.41, 5.74) is 0.368. The second kappa shape index (κ2) is 8.58. The Labute approximate surface area is 168 Å². The van der Waals surface area contributed by atoms with Crippen LogP contribution in [0.2, 0.25) is 0 Å². The molecular formula is C19H21N3O6S. The third-order valence-corrected chi connectivity index (χ3v) is 6.47. The molecule has 0 aliphatic carbocycles. The second-order valence-electron chi connectivity index (χ2n) is 6.64. The summed E-state index contributed by atoms with van der Waals surface area (Å²) in [6.45, 7) is 2.60. The number of rotatable bonds is 7. The molecule has 1 fully saturated rings. The number of nitrogens with zero attached hydrogens (tertiary/aromatic N) is 2. The number of anilines is 1. The lowest BCUT2D eigenvalue weighted by atomic mass is 10.3. The van der Waals surface area contributed by atoms with E-state index in [9.17, 15) is 23.3 Å². The standard InChI is InChI=1S/C19H21N3O6S/c1-14(28-17-8-6-16(7-9-17)22(24)25)19(23)20-15-4-10-18(11-5-15)29(26,27)21-12-2-3-13-21/h4-11,14H,2-3,12-13H2,1H3,(H,20,23). The van der Waals surface area contributed by atoms with Gasteiger partial charge in [0.15, 0.2) is 6.10 Å². The number of nitrogens with one attached hydrogen (secondary N) is 1. The lowest BCUT2D eigenvalue weighted by molar-refractivity contribution is -0.384. The summed E-state index contributed by atoms with van der Waals surface area (Å²) < 4.78 is 32.0. The maximum atomic E-state index is 12.5.